The summed E-state index contributed by atoms with van der Waals surface area (Å²) in [6, 6.07) is 25.2. The van der Waals surface area contributed by atoms with Gasteiger partial charge in [-0.15, -0.1) is 10.2 Å². The van der Waals surface area contributed by atoms with Crippen LogP contribution in [-0.4, -0.2) is 53.8 Å². The number of anilines is 1. The van der Waals surface area contributed by atoms with Gasteiger partial charge in [0.25, 0.3) is 0 Å². The monoisotopic (exact) mass is 683 g/mol. The molecular formula is C35H34ClN7O4S. The summed E-state index contributed by atoms with van der Waals surface area (Å²) in [5.41, 5.74) is 3.35. The molecule has 0 aliphatic carbocycles. The van der Waals surface area contributed by atoms with Crippen molar-refractivity contribution in [3.05, 3.63) is 107 Å². The summed E-state index contributed by atoms with van der Waals surface area (Å²) in [6.45, 7) is 6.60. The van der Waals surface area contributed by atoms with Crippen LogP contribution in [-0.2, 0) is 12.0 Å². The van der Waals surface area contributed by atoms with Crippen LogP contribution < -0.4 is 15.4 Å². The Bertz CT molecular complexity index is 2070. The molecule has 3 heterocycles. The number of aromatic hydroxyl groups is 1. The van der Waals surface area contributed by atoms with E-state index < -0.39 is 0 Å². The van der Waals surface area contributed by atoms with Gasteiger partial charge in [0.1, 0.15) is 23.9 Å². The number of benzene rings is 3. The molecule has 0 unspecified atom stereocenters. The quantitative estimate of drug-likeness (QED) is 0.120. The van der Waals surface area contributed by atoms with Crippen LogP contribution in [0.3, 0.4) is 0 Å². The van der Waals surface area contributed by atoms with Crippen LogP contribution in [0.2, 0.25) is 5.02 Å². The van der Waals surface area contributed by atoms with E-state index in [9.17, 15) is 9.90 Å². The zero-order valence-electron chi connectivity index (χ0n) is 26.5. The minimum Gasteiger partial charge on any atom is -0.507 e. The van der Waals surface area contributed by atoms with Crippen molar-refractivity contribution in [2.75, 3.05) is 18.5 Å². The van der Waals surface area contributed by atoms with E-state index in [1.54, 1.807) is 28.9 Å². The van der Waals surface area contributed by atoms with Crippen molar-refractivity contribution < 1.29 is 19.7 Å². The summed E-state index contributed by atoms with van der Waals surface area (Å²) < 4.78 is 8.99. The number of hydrogen-bond acceptors (Lipinski definition) is 8. The number of rotatable bonds is 10. The van der Waals surface area contributed by atoms with Crippen LogP contribution in [0.15, 0.2) is 101 Å². The number of pyridine rings is 1. The van der Waals surface area contributed by atoms with Crippen molar-refractivity contribution in [2.45, 2.75) is 42.5 Å². The van der Waals surface area contributed by atoms with E-state index in [0.29, 0.717) is 33.6 Å². The number of halogens is 1. The number of carbonyl (C=O) groups is 1. The van der Waals surface area contributed by atoms with Gasteiger partial charge in [-0.2, -0.15) is 5.10 Å². The van der Waals surface area contributed by atoms with Crippen LogP contribution >= 0.6 is 23.4 Å². The lowest BCUT2D eigenvalue weighted by Crippen LogP contribution is -2.29. The molecule has 3 aromatic carbocycles. The van der Waals surface area contributed by atoms with Gasteiger partial charge in [0.15, 0.2) is 11.5 Å². The highest BCUT2D eigenvalue weighted by Crippen LogP contribution is 2.34. The normalized spacial score (nSPS) is 11.5. The zero-order valence-corrected chi connectivity index (χ0v) is 28.1. The van der Waals surface area contributed by atoms with Crippen molar-refractivity contribution in [1.29, 1.82) is 0 Å². The standard InChI is InChI=1S/C35H34ClN7O4S/c1-35(2,3)30-19-32(43(41-30)24-9-11-25(12-10-24)47-17-16-44)38-34(46)37-20-22-6-4-5-7-29(22)48-26-13-15-31-39-40-33(42(31)21-26)27-18-23(36)8-14-28(27)45/h4-15,18-19,21,44-45H,16-17,20H2,1-3H3,(H2,37,38,46). The Morgan fingerprint density at radius 2 is 1.79 bits per heavy atom. The highest BCUT2D eigenvalue weighted by atomic mass is 35.5. The molecule has 246 valence electrons. The topological polar surface area (TPSA) is 139 Å². The highest BCUT2D eigenvalue weighted by Gasteiger charge is 2.22. The van der Waals surface area contributed by atoms with Crippen LogP contribution in [0.25, 0.3) is 22.7 Å². The summed E-state index contributed by atoms with van der Waals surface area (Å²) in [6.07, 6.45) is 1.91. The van der Waals surface area contributed by atoms with Gasteiger partial charge in [-0.25, -0.2) is 9.48 Å². The third kappa shape index (κ3) is 7.41. The number of urea groups is 1. The number of nitrogens with zero attached hydrogens (tertiary/aromatic N) is 5. The molecule has 0 radical (unpaired) electrons. The van der Waals surface area contributed by atoms with E-state index in [-0.39, 0.29) is 37.0 Å². The minimum atomic E-state index is -0.379. The van der Waals surface area contributed by atoms with Gasteiger partial charge >= 0.3 is 6.03 Å². The van der Waals surface area contributed by atoms with Crippen molar-refractivity contribution >= 4 is 40.9 Å². The Hall–Kier alpha value is -5.04. The van der Waals surface area contributed by atoms with Crippen molar-refractivity contribution in [1.82, 2.24) is 29.7 Å². The Labute approximate surface area is 286 Å². The number of carbonyl (C=O) groups excluding carboxylic acids is 1. The van der Waals surface area contributed by atoms with Gasteiger partial charge in [-0.3, -0.25) is 9.72 Å². The molecule has 0 fully saturated rings. The number of aliphatic hydroxyl groups is 1. The van der Waals surface area contributed by atoms with Gasteiger partial charge in [0, 0.05) is 39.0 Å². The fraction of sp³-hybridized carbons (Fsp3) is 0.200. The van der Waals surface area contributed by atoms with E-state index in [1.807, 2.05) is 65.2 Å². The summed E-state index contributed by atoms with van der Waals surface area (Å²) in [7, 11) is 0. The second-order valence-corrected chi connectivity index (χ2v) is 13.5. The van der Waals surface area contributed by atoms with Gasteiger partial charge < -0.3 is 20.3 Å². The molecule has 4 N–H and O–H groups in total. The Morgan fingerprint density at radius 3 is 2.56 bits per heavy atom. The molecule has 6 aromatic rings. The van der Waals surface area contributed by atoms with Crippen molar-refractivity contribution in [2.24, 2.45) is 0 Å². The molecule has 48 heavy (non-hydrogen) atoms. The Kier molecular flexibility index (Phi) is 9.58. The van der Waals surface area contributed by atoms with Crippen LogP contribution in [0, 0.1) is 0 Å². The Morgan fingerprint density at radius 1 is 1.00 bits per heavy atom. The van der Waals surface area contributed by atoms with Gasteiger partial charge in [-0.1, -0.05) is 62.3 Å². The summed E-state index contributed by atoms with van der Waals surface area (Å²) >= 11 is 7.73. The highest BCUT2D eigenvalue weighted by molar-refractivity contribution is 7.99. The smallest absolute Gasteiger partial charge is 0.320 e. The molecule has 6 rings (SSSR count). The minimum absolute atomic E-state index is 0.0564. The maximum Gasteiger partial charge on any atom is 0.320 e. The van der Waals surface area contributed by atoms with E-state index in [0.717, 1.165) is 26.7 Å². The number of aromatic nitrogens is 5. The fourth-order valence-electron chi connectivity index (χ4n) is 4.90. The van der Waals surface area contributed by atoms with Crippen LogP contribution in [0.1, 0.15) is 32.0 Å². The van der Waals surface area contributed by atoms with E-state index >= 15 is 0 Å². The zero-order chi connectivity index (χ0) is 33.8. The molecule has 11 nitrogen and oxygen atoms in total. The first-order chi connectivity index (χ1) is 23.1. The lowest BCUT2D eigenvalue weighted by molar-refractivity contribution is 0.201. The lowest BCUT2D eigenvalue weighted by Gasteiger charge is -2.14. The Balaban J connectivity index is 1.18. The van der Waals surface area contributed by atoms with Crippen LogP contribution in [0.5, 0.6) is 11.5 Å². The largest absolute Gasteiger partial charge is 0.507 e. The predicted molar refractivity (Wildman–Crippen MR) is 186 cm³/mol. The maximum atomic E-state index is 13.2. The molecule has 0 atom stereocenters. The molecule has 13 heteroatoms. The molecule has 3 aromatic heterocycles. The first-order valence-corrected chi connectivity index (χ1v) is 16.4. The summed E-state index contributed by atoms with van der Waals surface area (Å²) in [4.78, 5) is 15.1. The van der Waals surface area contributed by atoms with Gasteiger partial charge in [-0.05, 0) is 66.2 Å². The molecule has 0 saturated carbocycles. The number of phenolic OH excluding ortho intramolecular Hbond substituents is 1. The van der Waals surface area contributed by atoms with E-state index in [1.165, 1.54) is 17.8 Å². The fourth-order valence-corrected chi connectivity index (χ4v) is 6.03. The molecule has 2 amide bonds. The number of phenols is 1. The number of aliphatic hydroxyl groups excluding tert-OH is 1. The molecule has 0 bridgehead atoms. The van der Waals surface area contributed by atoms with E-state index in [2.05, 4.69) is 41.6 Å². The number of hydrogen-bond donors (Lipinski definition) is 4. The number of nitrogens with one attached hydrogen (secondary N) is 2. The maximum absolute atomic E-state index is 13.2. The van der Waals surface area contributed by atoms with Crippen molar-refractivity contribution in [3.63, 3.8) is 0 Å². The van der Waals surface area contributed by atoms with Gasteiger partial charge in [0.05, 0.1) is 23.6 Å². The van der Waals surface area contributed by atoms with Gasteiger partial charge in [0.2, 0.25) is 0 Å². The molecule has 0 saturated heterocycles. The number of fused-ring (bicyclic) bond motifs is 1. The molecule has 0 aliphatic heterocycles. The summed E-state index contributed by atoms with van der Waals surface area (Å²) in [5.74, 6) is 1.68. The van der Waals surface area contributed by atoms with Crippen LogP contribution in [0.4, 0.5) is 10.6 Å². The van der Waals surface area contributed by atoms with Crippen molar-refractivity contribution in [3.8, 4) is 28.6 Å². The molecule has 0 spiro atoms. The first kappa shape index (κ1) is 32.9. The second-order valence-electron chi connectivity index (χ2n) is 11.9. The first-order valence-electron chi connectivity index (χ1n) is 15.2. The predicted octanol–water partition coefficient (Wildman–Crippen LogP) is 7.08. The molecule has 0 aliphatic rings. The number of amides is 2. The number of ether oxygens (including phenoxy) is 1. The molecular weight excluding hydrogens is 650 g/mol. The lowest BCUT2D eigenvalue weighted by atomic mass is 9.92. The average Bonchev–Trinajstić information content (AvgIpc) is 3.69. The average molecular weight is 684 g/mol. The SMILES string of the molecule is CC(C)(C)c1cc(NC(=O)NCc2ccccc2Sc2ccc3nnc(-c4cc(Cl)ccc4O)n3c2)n(-c2ccc(OCCO)cc2)n1. The summed E-state index contributed by atoms with van der Waals surface area (Å²) in [5, 5.41) is 39.2. The third-order valence-corrected chi connectivity index (χ3v) is 8.71. The second kappa shape index (κ2) is 14.0. The third-order valence-electron chi connectivity index (χ3n) is 7.38. The van der Waals surface area contributed by atoms with E-state index in [4.69, 9.17) is 26.5 Å².